The van der Waals surface area contributed by atoms with E-state index in [9.17, 15) is 8.42 Å². The molecule has 1 aromatic carbocycles. The third-order valence-electron chi connectivity index (χ3n) is 2.09. The number of rotatable bonds is 3. The number of aromatic nitrogens is 1. The van der Waals surface area contributed by atoms with Crippen molar-refractivity contribution in [3.8, 4) is 0 Å². The Bertz CT molecular complexity index is 638. The molecular formula is C11H11N5O2S. The molecule has 1 heterocycles. The average molecular weight is 277 g/mol. The van der Waals surface area contributed by atoms with Crippen LogP contribution in [0.4, 0.5) is 11.5 Å². The summed E-state index contributed by atoms with van der Waals surface area (Å²) in [6, 6.07) is 10.9. The molecule has 0 radical (unpaired) electrons. The van der Waals surface area contributed by atoms with Crippen LogP contribution >= 0.6 is 0 Å². The average Bonchev–Trinajstić information content (AvgIpc) is 2.42. The minimum absolute atomic E-state index is 0.150. The van der Waals surface area contributed by atoms with E-state index in [2.05, 4.69) is 9.71 Å². The van der Waals surface area contributed by atoms with E-state index in [1.165, 1.54) is 30.5 Å². The second-order valence-electron chi connectivity index (χ2n) is 3.39. The number of nitrogen functional groups attached to an aromatic ring is 1. The smallest absolute Gasteiger partial charge is 0.263 e. The molecule has 0 unspecified atom stereocenters. The molecule has 0 atom stereocenters. The van der Waals surface area contributed by atoms with Crippen molar-refractivity contribution in [2.24, 2.45) is 0 Å². The van der Waals surface area contributed by atoms with Gasteiger partial charge in [-0.1, -0.05) is 6.07 Å². The first-order valence-electron chi connectivity index (χ1n) is 5.07. The lowest BCUT2D eigenvalue weighted by atomic mass is 10.3. The lowest BCUT2D eigenvalue weighted by molar-refractivity contribution is 0.601. The molecule has 0 bridgehead atoms. The zero-order valence-corrected chi connectivity index (χ0v) is 10.6. The Balaban J connectivity index is 0.000000861. The van der Waals surface area contributed by atoms with Gasteiger partial charge in [0.15, 0.2) is 0 Å². The molecule has 0 fully saturated rings. The molecule has 8 heteroatoms. The largest absolute Gasteiger partial charge is 0.399 e. The highest BCUT2D eigenvalue weighted by Crippen LogP contribution is 2.15. The van der Waals surface area contributed by atoms with Gasteiger partial charge in [-0.3, -0.25) is 4.72 Å². The normalized spacial score (nSPS) is 10.0. The fourth-order valence-corrected chi connectivity index (χ4v) is 2.28. The van der Waals surface area contributed by atoms with Crippen LogP contribution in [-0.4, -0.2) is 13.4 Å². The lowest BCUT2D eigenvalue weighted by Crippen LogP contribution is -2.13. The van der Waals surface area contributed by atoms with Crippen LogP contribution < -0.4 is 10.5 Å². The second-order valence-corrected chi connectivity index (χ2v) is 5.07. The van der Waals surface area contributed by atoms with E-state index >= 15 is 0 Å². The minimum atomic E-state index is -3.60. The number of nitrogens with zero attached hydrogens (tertiary/aromatic N) is 3. The molecule has 19 heavy (non-hydrogen) atoms. The molecule has 0 aliphatic carbocycles. The number of hydrogen-bond donors (Lipinski definition) is 2. The second kappa shape index (κ2) is 6.32. The van der Waals surface area contributed by atoms with Crippen LogP contribution in [0.3, 0.4) is 0 Å². The molecule has 0 spiro atoms. The predicted molar refractivity (Wildman–Crippen MR) is 69.3 cm³/mol. The lowest BCUT2D eigenvalue weighted by Gasteiger charge is -2.06. The number of pyridine rings is 1. The quantitative estimate of drug-likeness (QED) is 0.645. The first kappa shape index (κ1) is 14.4. The van der Waals surface area contributed by atoms with Gasteiger partial charge in [-0.25, -0.2) is 13.4 Å². The maximum atomic E-state index is 11.9. The van der Waals surface area contributed by atoms with E-state index in [-0.39, 0.29) is 10.7 Å². The van der Waals surface area contributed by atoms with E-state index in [1.54, 1.807) is 18.2 Å². The Hall–Kier alpha value is -2.66. The molecule has 0 saturated carbocycles. The molecular weight excluding hydrogens is 266 g/mol. The van der Waals surface area contributed by atoms with Gasteiger partial charge in [0.1, 0.15) is 5.82 Å². The Morgan fingerprint density at radius 2 is 1.68 bits per heavy atom. The summed E-state index contributed by atoms with van der Waals surface area (Å²) >= 11 is 0. The van der Waals surface area contributed by atoms with Crippen molar-refractivity contribution in [2.45, 2.75) is 4.90 Å². The van der Waals surface area contributed by atoms with Crippen LogP contribution in [0.25, 0.3) is 0 Å². The predicted octanol–water partition coefficient (Wildman–Crippen LogP) is 1.49. The number of anilines is 2. The zero-order chi connectivity index (χ0) is 14.3. The van der Waals surface area contributed by atoms with Gasteiger partial charge < -0.3 is 5.73 Å². The fourth-order valence-electron chi connectivity index (χ4n) is 1.27. The van der Waals surface area contributed by atoms with Gasteiger partial charge >= 0.3 is 0 Å². The standard InChI is InChI=1S/C11H11N3O2S.N2/c12-9-4-6-10(7-5-9)17(15,16)14-11-3-1-2-8-13-11;1-2/h1-8H,12H2,(H,13,14);. The number of benzene rings is 1. The highest BCUT2D eigenvalue weighted by atomic mass is 32.2. The number of sulfonamides is 1. The molecule has 3 N–H and O–H groups in total. The highest BCUT2D eigenvalue weighted by Gasteiger charge is 2.13. The third kappa shape index (κ3) is 3.93. The van der Waals surface area contributed by atoms with Gasteiger partial charge in [-0.15, -0.1) is 0 Å². The monoisotopic (exact) mass is 277 g/mol. The van der Waals surface area contributed by atoms with Crippen LogP contribution in [-0.2, 0) is 10.0 Å². The van der Waals surface area contributed by atoms with Gasteiger partial charge in [-0.2, -0.15) is 0 Å². The molecule has 0 saturated heterocycles. The Morgan fingerprint density at radius 1 is 1.05 bits per heavy atom. The maximum Gasteiger partial charge on any atom is 0.263 e. The van der Waals surface area contributed by atoms with Gasteiger partial charge in [0.05, 0.1) is 4.90 Å². The van der Waals surface area contributed by atoms with Crippen LogP contribution in [0.2, 0.25) is 0 Å². The topological polar surface area (TPSA) is 133 Å². The van der Waals surface area contributed by atoms with Gasteiger partial charge in [0.25, 0.3) is 10.0 Å². The number of nitrogens with one attached hydrogen (secondary N) is 1. The van der Waals surface area contributed by atoms with Crippen LogP contribution in [0.1, 0.15) is 0 Å². The van der Waals surface area contributed by atoms with Crippen molar-refractivity contribution >= 4 is 21.5 Å². The molecule has 2 rings (SSSR count). The van der Waals surface area contributed by atoms with Crippen LogP contribution in [0, 0.1) is 10.8 Å². The first-order valence-corrected chi connectivity index (χ1v) is 6.56. The van der Waals surface area contributed by atoms with Gasteiger partial charge in [0.2, 0.25) is 0 Å². The molecule has 2 aromatic rings. The van der Waals surface area contributed by atoms with Crippen molar-refractivity contribution in [3.05, 3.63) is 48.7 Å². The Morgan fingerprint density at radius 3 is 2.21 bits per heavy atom. The van der Waals surface area contributed by atoms with Crippen molar-refractivity contribution < 1.29 is 8.42 Å². The Labute approximate surface area is 110 Å². The van der Waals surface area contributed by atoms with E-state index in [4.69, 9.17) is 16.5 Å². The molecule has 0 aliphatic rings. The van der Waals surface area contributed by atoms with Gasteiger partial charge in [0, 0.05) is 22.7 Å². The molecule has 98 valence electrons. The zero-order valence-electron chi connectivity index (χ0n) is 9.76. The Kier molecular flexibility index (Phi) is 4.79. The molecule has 0 aliphatic heterocycles. The summed E-state index contributed by atoms with van der Waals surface area (Å²) in [7, 11) is -3.60. The van der Waals surface area contributed by atoms with E-state index in [0.29, 0.717) is 5.69 Å². The first-order chi connectivity index (χ1) is 9.08. The van der Waals surface area contributed by atoms with Crippen LogP contribution in [0.15, 0.2) is 53.6 Å². The molecule has 1 aromatic heterocycles. The van der Waals surface area contributed by atoms with Crippen molar-refractivity contribution in [1.82, 2.24) is 4.98 Å². The van der Waals surface area contributed by atoms with E-state index in [1.807, 2.05) is 0 Å². The summed E-state index contributed by atoms with van der Waals surface area (Å²) in [5.41, 5.74) is 6.01. The number of hydrogen-bond acceptors (Lipinski definition) is 6. The third-order valence-corrected chi connectivity index (χ3v) is 3.46. The minimum Gasteiger partial charge on any atom is -0.399 e. The molecule has 7 nitrogen and oxygen atoms in total. The summed E-state index contributed by atoms with van der Waals surface area (Å²) in [6.07, 6.45) is 1.51. The summed E-state index contributed by atoms with van der Waals surface area (Å²) in [4.78, 5) is 4.04. The van der Waals surface area contributed by atoms with E-state index in [0.717, 1.165) is 0 Å². The SMILES string of the molecule is N#N.Nc1ccc(S(=O)(=O)Nc2ccccn2)cc1. The maximum absolute atomic E-state index is 11.9. The van der Waals surface area contributed by atoms with Gasteiger partial charge in [-0.05, 0) is 36.4 Å². The van der Waals surface area contributed by atoms with Crippen molar-refractivity contribution in [2.75, 3.05) is 10.5 Å². The molecule has 0 amide bonds. The summed E-state index contributed by atoms with van der Waals surface area (Å²) < 4.78 is 26.2. The highest BCUT2D eigenvalue weighted by molar-refractivity contribution is 7.92. The summed E-state index contributed by atoms with van der Waals surface area (Å²) in [5.74, 6) is 0.282. The summed E-state index contributed by atoms with van der Waals surface area (Å²) in [5, 5.41) is 12.0. The van der Waals surface area contributed by atoms with Crippen LogP contribution in [0.5, 0.6) is 0 Å². The van der Waals surface area contributed by atoms with E-state index < -0.39 is 10.0 Å². The number of nitrogens with two attached hydrogens (primary N) is 1. The van der Waals surface area contributed by atoms with Crippen molar-refractivity contribution in [3.63, 3.8) is 0 Å². The fraction of sp³-hybridized carbons (Fsp3) is 0. The summed E-state index contributed by atoms with van der Waals surface area (Å²) in [6.45, 7) is 0. The van der Waals surface area contributed by atoms with Crippen molar-refractivity contribution in [1.29, 1.82) is 10.8 Å².